The summed E-state index contributed by atoms with van der Waals surface area (Å²) in [7, 11) is 0. The van der Waals surface area contributed by atoms with Crippen LogP contribution < -0.4 is 22.3 Å². The number of oxazole rings is 1. The van der Waals surface area contributed by atoms with Crippen LogP contribution in [0.3, 0.4) is 0 Å². The van der Waals surface area contributed by atoms with Crippen LogP contribution in [0.1, 0.15) is 24.0 Å². The topological polar surface area (TPSA) is 139 Å². The first-order chi connectivity index (χ1) is 18.6. The second kappa shape index (κ2) is 12.1. The Labute approximate surface area is 225 Å². The minimum Gasteiger partial charge on any atom is -0.422 e. The number of rotatable bonds is 11. The van der Waals surface area contributed by atoms with Gasteiger partial charge in [-0.3, -0.25) is 20.0 Å². The molecular weight excluding hydrogens is 542 g/mol. The normalized spacial score (nSPS) is 12.0. The molecule has 0 aliphatic heterocycles. The molecule has 0 fully saturated rings. The molecule has 39 heavy (non-hydrogen) atoms. The molecule has 0 amide bonds. The standard InChI is InChI=1S/C25H26ClF4N7O2/c26-18-10-16(25(28,29)30)11-20-21(18)39-24(34-20)36-23-33-12-17(22(38)35-23)14-3-4-15(19(27)9-14)13-37(7-1-5-31)8-2-6-32/h3-4,9-12H,1-2,5-8,13,31-32H2,(H2,33,34,35,36,38). The van der Waals surface area contributed by atoms with Gasteiger partial charge in [0.05, 0.1) is 16.1 Å². The molecular formula is C25H26ClF4N7O2. The van der Waals surface area contributed by atoms with Crippen molar-refractivity contribution in [3.63, 3.8) is 0 Å². The number of hydrogen-bond acceptors (Lipinski definition) is 8. The number of H-pyrrole nitrogens is 1. The van der Waals surface area contributed by atoms with Crippen molar-refractivity contribution >= 4 is 34.7 Å². The maximum atomic E-state index is 15.0. The van der Waals surface area contributed by atoms with Gasteiger partial charge in [0.1, 0.15) is 11.3 Å². The smallest absolute Gasteiger partial charge is 0.416 e. The van der Waals surface area contributed by atoms with Crippen LogP contribution in [-0.2, 0) is 12.7 Å². The molecule has 0 atom stereocenters. The summed E-state index contributed by atoms with van der Waals surface area (Å²) in [5, 5.41) is 2.32. The Kier molecular flexibility index (Phi) is 8.85. The molecule has 14 heteroatoms. The van der Waals surface area contributed by atoms with E-state index in [9.17, 15) is 22.4 Å². The Balaban J connectivity index is 1.51. The number of hydrogen-bond donors (Lipinski definition) is 4. The number of benzene rings is 2. The van der Waals surface area contributed by atoms with E-state index in [0.29, 0.717) is 43.9 Å². The van der Waals surface area contributed by atoms with Crippen LogP contribution in [0.25, 0.3) is 22.2 Å². The Bertz CT molecular complexity index is 1500. The number of nitrogens with one attached hydrogen (secondary N) is 2. The highest BCUT2D eigenvalue weighted by molar-refractivity contribution is 6.34. The molecule has 0 bridgehead atoms. The lowest BCUT2D eigenvalue weighted by Crippen LogP contribution is -2.28. The Hall–Kier alpha value is -3.52. The van der Waals surface area contributed by atoms with Crippen molar-refractivity contribution in [1.29, 1.82) is 0 Å². The van der Waals surface area contributed by atoms with Crippen LogP contribution in [0.4, 0.5) is 29.5 Å². The van der Waals surface area contributed by atoms with E-state index in [1.54, 1.807) is 12.1 Å². The number of aromatic amines is 1. The molecule has 2 heterocycles. The number of alkyl halides is 3. The first kappa shape index (κ1) is 28.5. The molecule has 2 aromatic heterocycles. The fourth-order valence-corrected chi connectivity index (χ4v) is 4.21. The first-order valence-electron chi connectivity index (χ1n) is 12.0. The van der Waals surface area contributed by atoms with Gasteiger partial charge < -0.3 is 15.9 Å². The van der Waals surface area contributed by atoms with E-state index in [2.05, 4.69) is 25.2 Å². The van der Waals surface area contributed by atoms with Gasteiger partial charge in [0.15, 0.2) is 5.58 Å². The lowest BCUT2D eigenvalue weighted by Gasteiger charge is -2.22. The van der Waals surface area contributed by atoms with Crippen molar-refractivity contribution in [2.45, 2.75) is 25.6 Å². The zero-order valence-corrected chi connectivity index (χ0v) is 21.4. The summed E-state index contributed by atoms with van der Waals surface area (Å²) >= 11 is 5.92. The highest BCUT2D eigenvalue weighted by Crippen LogP contribution is 2.36. The number of aromatic nitrogens is 3. The van der Waals surface area contributed by atoms with Crippen molar-refractivity contribution in [3.8, 4) is 11.1 Å². The molecule has 0 saturated heterocycles. The predicted molar refractivity (Wildman–Crippen MR) is 140 cm³/mol. The fraction of sp³-hybridized carbons (Fsp3) is 0.320. The van der Waals surface area contributed by atoms with Gasteiger partial charge in [0.25, 0.3) is 5.56 Å². The molecule has 4 aromatic rings. The SMILES string of the molecule is NCCCN(CCCN)Cc1ccc(-c2cnc(Nc3nc4cc(C(F)(F)F)cc(Cl)c4o3)[nH]c2=O)cc1F. The van der Waals surface area contributed by atoms with Crippen LogP contribution >= 0.6 is 11.6 Å². The summed E-state index contributed by atoms with van der Waals surface area (Å²) in [6.07, 6.45) is -1.82. The van der Waals surface area contributed by atoms with Gasteiger partial charge >= 0.3 is 12.2 Å². The van der Waals surface area contributed by atoms with Crippen molar-refractivity contribution in [1.82, 2.24) is 19.9 Å². The molecule has 0 aliphatic carbocycles. The van der Waals surface area contributed by atoms with Crippen molar-refractivity contribution in [3.05, 3.63) is 68.8 Å². The van der Waals surface area contributed by atoms with Crippen LogP contribution in [0.15, 0.2) is 45.7 Å². The van der Waals surface area contributed by atoms with E-state index in [-0.39, 0.29) is 33.6 Å². The number of halogens is 5. The van der Waals surface area contributed by atoms with Crippen LogP contribution in [0, 0.1) is 5.82 Å². The quantitative estimate of drug-likeness (QED) is 0.192. The van der Waals surface area contributed by atoms with Gasteiger partial charge in [-0.05, 0) is 62.8 Å². The number of anilines is 2. The lowest BCUT2D eigenvalue weighted by atomic mass is 10.1. The molecule has 0 spiro atoms. The van der Waals surface area contributed by atoms with Gasteiger partial charge in [-0.15, -0.1) is 0 Å². The van der Waals surface area contributed by atoms with E-state index in [4.69, 9.17) is 27.5 Å². The zero-order chi connectivity index (χ0) is 28.2. The summed E-state index contributed by atoms with van der Waals surface area (Å²) < 4.78 is 59.5. The van der Waals surface area contributed by atoms with E-state index < -0.39 is 23.1 Å². The molecule has 0 saturated carbocycles. The third-order valence-corrected chi connectivity index (χ3v) is 6.19. The van der Waals surface area contributed by atoms with Crippen molar-refractivity contribution in [2.75, 3.05) is 31.5 Å². The molecule has 6 N–H and O–H groups in total. The summed E-state index contributed by atoms with van der Waals surface area (Å²) in [5.41, 5.74) is 10.4. The maximum Gasteiger partial charge on any atom is 0.416 e. The molecule has 9 nitrogen and oxygen atoms in total. The van der Waals surface area contributed by atoms with Crippen LogP contribution in [0.2, 0.25) is 5.02 Å². The molecule has 0 radical (unpaired) electrons. The second-order valence-electron chi connectivity index (χ2n) is 8.79. The molecule has 0 unspecified atom stereocenters. The predicted octanol–water partition coefficient (Wildman–Crippen LogP) is 4.63. The molecule has 2 aromatic carbocycles. The summed E-state index contributed by atoms with van der Waals surface area (Å²) in [4.78, 5) is 25.3. The number of nitrogens with two attached hydrogens (primary N) is 2. The van der Waals surface area contributed by atoms with Crippen molar-refractivity contribution < 1.29 is 22.0 Å². The first-order valence-corrected chi connectivity index (χ1v) is 12.4. The van der Waals surface area contributed by atoms with Gasteiger partial charge in [-0.1, -0.05) is 23.7 Å². The van der Waals surface area contributed by atoms with Gasteiger partial charge in [0.2, 0.25) is 5.95 Å². The molecule has 0 aliphatic rings. The third kappa shape index (κ3) is 6.92. The Morgan fingerprint density at radius 2 is 1.82 bits per heavy atom. The Morgan fingerprint density at radius 3 is 2.44 bits per heavy atom. The third-order valence-electron chi connectivity index (χ3n) is 5.91. The minimum atomic E-state index is -4.61. The van der Waals surface area contributed by atoms with E-state index in [0.717, 1.165) is 25.0 Å². The largest absolute Gasteiger partial charge is 0.422 e. The maximum absolute atomic E-state index is 15.0. The zero-order valence-electron chi connectivity index (χ0n) is 20.6. The summed E-state index contributed by atoms with van der Waals surface area (Å²) in [6.45, 7) is 2.86. The van der Waals surface area contributed by atoms with E-state index in [1.807, 2.05) is 0 Å². The lowest BCUT2D eigenvalue weighted by molar-refractivity contribution is -0.137. The Morgan fingerprint density at radius 1 is 1.10 bits per heavy atom. The van der Waals surface area contributed by atoms with Gasteiger partial charge in [-0.2, -0.15) is 18.2 Å². The fourth-order valence-electron chi connectivity index (χ4n) is 3.96. The average Bonchev–Trinajstić information content (AvgIpc) is 3.29. The molecule has 208 valence electrons. The minimum absolute atomic E-state index is 0.0636. The van der Waals surface area contributed by atoms with E-state index in [1.165, 1.54) is 12.3 Å². The highest BCUT2D eigenvalue weighted by Gasteiger charge is 2.32. The van der Waals surface area contributed by atoms with Crippen LogP contribution in [-0.4, -0.2) is 46.0 Å². The number of nitrogens with zero attached hydrogens (tertiary/aromatic N) is 3. The monoisotopic (exact) mass is 567 g/mol. The highest BCUT2D eigenvalue weighted by atomic mass is 35.5. The van der Waals surface area contributed by atoms with Crippen molar-refractivity contribution in [2.24, 2.45) is 11.5 Å². The van der Waals surface area contributed by atoms with Gasteiger partial charge in [-0.25, -0.2) is 9.37 Å². The molecule has 4 rings (SSSR count). The van der Waals surface area contributed by atoms with Gasteiger partial charge in [0, 0.05) is 18.3 Å². The summed E-state index contributed by atoms with van der Waals surface area (Å²) in [6, 6.07) is 5.80. The van der Waals surface area contributed by atoms with E-state index >= 15 is 0 Å². The average molecular weight is 568 g/mol. The van der Waals surface area contributed by atoms with Crippen LogP contribution in [0.5, 0.6) is 0 Å². The summed E-state index contributed by atoms with van der Waals surface area (Å²) in [5.74, 6) is -0.559. The second-order valence-corrected chi connectivity index (χ2v) is 9.20. The number of fused-ring (bicyclic) bond motifs is 1.